The lowest BCUT2D eigenvalue weighted by Gasteiger charge is -2.31. The van der Waals surface area contributed by atoms with Crippen molar-refractivity contribution in [3.8, 4) is 5.75 Å². The fourth-order valence-corrected chi connectivity index (χ4v) is 3.24. The monoisotopic (exact) mass is 394 g/mol. The van der Waals surface area contributed by atoms with E-state index < -0.39 is 0 Å². The van der Waals surface area contributed by atoms with Gasteiger partial charge < -0.3 is 15.0 Å². The summed E-state index contributed by atoms with van der Waals surface area (Å²) in [7, 11) is 0. The van der Waals surface area contributed by atoms with Crippen LogP contribution in [0.3, 0.4) is 0 Å². The molecule has 0 fully saturated rings. The molecule has 2 aromatic rings. The van der Waals surface area contributed by atoms with Crippen molar-refractivity contribution in [3.63, 3.8) is 0 Å². The van der Waals surface area contributed by atoms with Gasteiger partial charge in [0.1, 0.15) is 5.75 Å². The standard InChI is InChI=1S/C24H30N2O3/c1-6-16(2)25-23(28)18-9-7-8-17(12-18)14-26-20-13-19(24(3,4)5)10-11-21(20)29-15-22(26)27/h7-13,16H,6,14-15H2,1-5H3,(H,25,28). The van der Waals surface area contributed by atoms with Gasteiger partial charge >= 0.3 is 0 Å². The van der Waals surface area contributed by atoms with Crippen LogP contribution in [0.1, 0.15) is 62.5 Å². The number of amides is 2. The number of rotatable bonds is 5. The van der Waals surface area contributed by atoms with Crippen LogP contribution in [0.15, 0.2) is 42.5 Å². The molecule has 1 atom stereocenters. The third-order valence-corrected chi connectivity index (χ3v) is 5.29. The number of nitrogens with one attached hydrogen (secondary N) is 1. The summed E-state index contributed by atoms with van der Waals surface area (Å²) in [6.07, 6.45) is 0.876. The Labute approximate surface area is 173 Å². The molecular formula is C24H30N2O3. The number of ether oxygens (including phenoxy) is 1. The topological polar surface area (TPSA) is 58.6 Å². The number of hydrogen-bond acceptors (Lipinski definition) is 3. The molecule has 29 heavy (non-hydrogen) atoms. The summed E-state index contributed by atoms with van der Waals surface area (Å²) in [5, 5.41) is 2.99. The first-order chi connectivity index (χ1) is 13.7. The SMILES string of the molecule is CCC(C)NC(=O)c1cccc(CN2C(=O)COc3ccc(C(C)(C)C)cc32)c1. The molecule has 5 heteroatoms. The zero-order valence-electron chi connectivity index (χ0n) is 17.9. The summed E-state index contributed by atoms with van der Waals surface area (Å²) in [6.45, 7) is 10.9. The summed E-state index contributed by atoms with van der Waals surface area (Å²) in [5.41, 5.74) is 3.40. The predicted octanol–water partition coefficient (Wildman–Crippen LogP) is 4.44. The van der Waals surface area contributed by atoms with Crippen molar-refractivity contribution in [1.82, 2.24) is 5.32 Å². The zero-order valence-corrected chi connectivity index (χ0v) is 17.9. The van der Waals surface area contributed by atoms with Crippen LogP contribution in [0.25, 0.3) is 0 Å². The molecule has 0 saturated heterocycles. The third-order valence-electron chi connectivity index (χ3n) is 5.29. The van der Waals surface area contributed by atoms with Crippen molar-refractivity contribution in [2.45, 2.75) is 59.0 Å². The molecule has 0 saturated carbocycles. The van der Waals surface area contributed by atoms with Crippen molar-refractivity contribution in [2.24, 2.45) is 0 Å². The quantitative estimate of drug-likeness (QED) is 0.816. The van der Waals surface area contributed by atoms with E-state index in [0.29, 0.717) is 17.9 Å². The molecule has 0 aliphatic carbocycles. The minimum atomic E-state index is -0.0927. The van der Waals surface area contributed by atoms with Crippen molar-refractivity contribution in [1.29, 1.82) is 0 Å². The van der Waals surface area contributed by atoms with Gasteiger partial charge in [-0.3, -0.25) is 9.59 Å². The Kier molecular flexibility index (Phi) is 5.96. The molecule has 1 N–H and O–H groups in total. The van der Waals surface area contributed by atoms with Gasteiger partial charge in [-0.2, -0.15) is 0 Å². The van der Waals surface area contributed by atoms with Crippen LogP contribution in [0.2, 0.25) is 0 Å². The smallest absolute Gasteiger partial charge is 0.265 e. The van der Waals surface area contributed by atoms with E-state index in [1.54, 1.807) is 11.0 Å². The van der Waals surface area contributed by atoms with E-state index in [1.807, 2.05) is 50.2 Å². The van der Waals surface area contributed by atoms with Crippen LogP contribution >= 0.6 is 0 Å². The molecule has 2 aromatic carbocycles. The van der Waals surface area contributed by atoms with E-state index >= 15 is 0 Å². The first-order valence-corrected chi connectivity index (χ1v) is 10.2. The van der Waals surface area contributed by atoms with E-state index in [2.05, 4.69) is 26.1 Å². The Hall–Kier alpha value is -2.82. The van der Waals surface area contributed by atoms with Crippen molar-refractivity contribution < 1.29 is 14.3 Å². The second-order valence-electron chi connectivity index (χ2n) is 8.68. The Morgan fingerprint density at radius 3 is 2.66 bits per heavy atom. The van der Waals surface area contributed by atoms with Crippen LogP contribution in [-0.2, 0) is 16.8 Å². The highest BCUT2D eigenvalue weighted by molar-refractivity contribution is 5.98. The molecule has 1 aliphatic rings. The van der Waals surface area contributed by atoms with Gasteiger partial charge in [0.25, 0.3) is 11.8 Å². The van der Waals surface area contributed by atoms with E-state index in [-0.39, 0.29) is 29.9 Å². The van der Waals surface area contributed by atoms with Gasteiger partial charge in [-0.05, 0) is 54.2 Å². The average molecular weight is 395 g/mol. The lowest BCUT2D eigenvalue weighted by molar-refractivity contribution is -0.121. The second-order valence-corrected chi connectivity index (χ2v) is 8.68. The zero-order chi connectivity index (χ0) is 21.2. The highest BCUT2D eigenvalue weighted by Crippen LogP contribution is 2.37. The number of benzene rings is 2. The number of carbonyl (C=O) groups is 2. The number of carbonyl (C=O) groups excluding carboxylic acids is 2. The Morgan fingerprint density at radius 1 is 1.21 bits per heavy atom. The number of anilines is 1. The minimum absolute atomic E-state index is 0.0239. The maximum absolute atomic E-state index is 12.6. The second kappa shape index (κ2) is 8.27. The summed E-state index contributed by atoms with van der Waals surface area (Å²) >= 11 is 0. The molecule has 0 bridgehead atoms. The van der Waals surface area contributed by atoms with Crippen molar-refractivity contribution in [2.75, 3.05) is 11.5 Å². The van der Waals surface area contributed by atoms with Crippen LogP contribution in [0.4, 0.5) is 5.69 Å². The fraction of sp³-hybridized carbons (Fsp3) is 0.417. The van der Waals surface area contributed by atoms with Gasteiger partial charge in [0.2, 0.25) is 0 Å². The molecular weight excluding hydrogens is 364 g/mol. The number of fused-ring (bicyclic) bond motifs is 1. The minimum Gasteiger partial charge on any atom is -0.482 e. The first kappa shape index (κ1) is 20.9. The number of hydrogen-bond donors (Lipinski definition) is 1. The van der Waals surface area contributed by atoms with E-state index in [0.717, 1.165) is 23.2 Å². The van der Waals surface area contributed by atoms with Gasteiger partial charge in [-0.25, -0.2) is 0 Å². The lowest BCUT2D eigenvalue weighted by Crippen LogP contribution is -2.38. The van der Waals surface area contributed by atoms with Gasteiger partial charge in [-0.1, -0.05) is 45.9 Å². The molecule has 1 heterocycles. The third kappa shape index (κ3) is 4.78. The van der Waals surface area contributed by atoms with Crippen LogP contribution in [0, 0.1) is 0 Å². The van der Waals surface area contributed by atoms with Crippen molar-refractivity contribution >= 4 is 17.5 Å². The number of nitrogens with zero attached hydrogens (tertiary/aromatic N) is 1. The first-order valence-electron chi connectivity index (χ1n) is 10.2. The normalized spacial score (nSPS) is 14.8. The summed E-state index contributed by atoms with van der Waals surface area (Å²) in [6, 6.07) is 13.6. The maximum atomic E-state index is 12.6. The highest BCUT2D eigenvalue weighted by Gasteiger charge is 2.27. The molecule has 1 unspecified atom stereocenters. The van der Waals surface area contributed by atoms with Crippen LogP contribution in [-0.4, -0.2) is 24.5 Å². The van der Waals surface area contributed by atoms with Crippen molar-refractivity contribution in [3.05, 3.63) is 59.2 Å². The molecule has 154 valence electrons. The van der Waals surface area contributed by atoms with E-state index in [9.17, 15) is 9.59 Å². The Balaban J connectivity index is 1.88. The van der Waals surface area contributed by atoms with Gasteiger partial charge in [0.15, 0.2) is 6.61 Å². The molecule has 0 aromatic heterocycles. The molecule has 5 nitrogen and oxygen atoms in total. The van der Waals surface area contributed by atoms with Gasteiger partial charge in [0.05, 0.1) is 12.2 Å². The summed E-state index contributed by atoms with van der Waals surface area (Å²) in [4.78, 5) is 26.9. The molecule has 0 spiro atoms. The van der Waals surface area contributed by atoms with Gasteiger partial charge in [0, 0.05) is 11.6 Å². The molecule has 0 radical (unpaired) electrons. The highest BCUT2D eigenvalue weighted by atomic mass is 16.5. The predicted molar refractivity (Wildman–Crippen MR) is 115 cm³/mol. The van der Waals surface area contributed by atoms with Gasteiger partial charge in [-0.15, -0.1) is 0 Å². The molecule has 2 amide bonds. The Morgan fingerprint density at radius 2 is 1.97 bits per heavy atom. The average Bonchev–Trinajstić information content (AvgIpc) is 2.69. The summed E-state index contributed by atoms with van der Waals surface area (Å²) in [5.74, 6) is 0.534. The lowest BCUT2D eigenvalue weighted by atomic mass is 9.86. The maximum Gasteiger partial charge on any atom is 0.265 e. The van der Waals surface area contributed by atoms with Crippen LogP contribution < -0.4 is 15.0 Å². The Bertz CT molecular complexity index is 915. The van der Waals surface area contributed by atoms with E-state index in [4.69, 9.17) is 4.74 Å². The fourth-order valence-electron chi connectivity index (χ4n) is 3.24. The largest absolute Gasteiger partial charge is 0.482 e. The van der Waals surface area contributed by atoms with Crippen LogP contribution in [0.5, 0.6) is 5.75 Å². The molecule has 1 aliphatic heterocycles. The summed E-state index contributed by atoms with van der Waals surface area (Å²) < 4.78 is 5.63. The van der Waals surface area contributed by atoms with E-state index in [1.165, 1.54) is 0 Å². The molecule has 3 rings (SSSR count).